The zero-order valence-electron chi connectivity index (χ0n) is 16.2. The maximum Gasteiger partial charge on any atom is 0.416 e. The average molecular weight is 408 g/mol. The summed E-state index contributed by atoms with van der Waals surface area (Å²) in [5, 5.41) is 0. The zero-order chi connectivity index (χ0) is 21.1. The number of rotatable bonds is 5. The van der Waals surface area contributed by atoms with Crippen LogP contribution in [0.3, 0.4) is 0 Å². The molecule has 30 heavy (non-hydrogen) atoms. The summed E-state index contributed by atoms with van der Waals surface area (Å²) in [6.07, 6.45) is 1.09. The minimum Gasteiger partial charge on any atom is -0.494 e. The largest absolute Gasteiger partial charge is 0.494 e. The van der Waals surface area contributed by atoms with Crippen molar-refractivity contribution in [3.05, 3.63) is 89.7 Å². The second kappa shape index (κ2) is 8.06. The van der Waals surface area contributed by atoms with E-state index in [1.54, 1.807) is 12.4 Å². The lowest BCUT2D eigenvalue weighted by molar-refractivity contribution is -0.137. The normalized spacial score (nSPS) is 12.0. The topological polar surface area (TPSA) is 27.1 Å². The molecule has 0 saturated carbocycles. The molecule has 0 bridgehead atoms. The van der Waals surface area contributed by atoms with Gasteiger partial charge in [0.15, 0.2) is 0 Å². The number of hydrogen-bond donors (Lipinski definition) is 0. The highest BCUT2D eigenvalue weighted by molar-refractivity contribution is 5.82. The van der Waals surface area contributed by atoms with Gasteiger partial charge in [0.2, 0.25) is 0 Å². The molecule has 152 valence electrons. The Morgan fingerprint density at radius 1 is 0.900 bits per heavy atom. The molecule has 4 rings (SSSR count). The van der Waals surface area contributed by atoms with Crippen molar-refractivity contribution in [2.45, 2.75) is 13.1 Å². The van der Waals surface area contributed by atoms with Crippen molar-refractivity contribution >= 4 is 23.2 Å². The van der Waals surface area contributed by atoms with Crippen LogP contribution < -0.4 is 4.74 Å². The summed E-state index contributed by atoms with van der Waals surface area (Å²) in [6.45, 7) is 2.57. The molecule has 1 aromatic heterocycles. The smallest absolute Gasteiger partial charge is 0.416 e. The molecule has 0 saturated heterocycles. The first-order valence-electron chi connectivity index (χ1n) is 9.50. The number of benzene rings is 3. The Kier molecular flexibility index (Phi) is 5.31. The molecule has 3 aromatic carbocycles. The average Bonchev–Trinajstić information content (AvgIpc) is 3.16. The molecule has 0 amide bonds. The maximum absolute atomic E-state index is 12.7. The van der Waals surface area contributed by atoms with E-state index >= 15 is 0 Å². The van der Waals surface area contributed by atoms with Gasteiger partial charge in [-0.05, 0) is 66.6 Å². The van der Waals surface area contributed by atoms with Crippen LogP contribution in [-0.4, -0.2) is 16.2 Å². The van der Waals surface area contributed by atoms with Gasteiger partial charge < -0.3 is 4.74 Å². The van der Waals surface area contributed by atoms with Crippen LogP contribution >= 0.6 is 0 Å². The Balaban J connectivity index is 1.55. The van der Waals surface area contributed by atoms with Crippen LogP contribution in [0.4, 0.5) is 13.2 Å². The van der Waals surface area contributed by atoms with Gasteiger partial charge in [0.05, 0.1) is 23.2 Å². The van der Waals surface area contributed by atoms with Gasteiger partial charge in [-0.25, -0.2) is 4.98 Å². The molecule has 0 radical (unpaired) electrons. The predicted octanol–water partition coefficient (Wildman–Crippen LogP) is 6.61. The number of aromatic nitrogens is 2. The van der Waals surface area contributed by atoms with Gasteiger partial charge in [-0.15, -0.1) is 0 Å². The zero-order valence-corrected chi connectivity index (χ0v) is 16.2. The highest BCUT2D eigenvalue weighted by Crippen LogP contribution is 2.29. The quantitative estimate of drug-likeness (QED) is 0.347. The monoisotopic (exact) mass is 408 g/mol. The fourth-order valence-corrected chi connectivity index (χ4v) is 3.18. The van der Waals surface area contributed by atoms with Gasteiger partial charge in [-0.2, -0.15) is 13.2 Å². The second-order valence-corrected chi connectivity index (χ2v) is 6.74. The Morgan fingerprint density at radius 2 is 1.57 bits per heavy atom. The Hall–Kier alpha value is -3.54. The summed E-state index contributed by atoms with van der Waals surface area (Å²) >= 11 is 0. The SMILES string of the molecule is CCOc1ccc(-n2cnc3cc(/C=C/c4ccc(C(F)(F)F)cc4)ccc32)cc1. The number of imidazole rings is 1. The molecule has 1 heterocycles. The van der Waals surface area contributed by atoms with Crippen LogP contribution in [0, 0.1) is 0 Å². The molecule has 0 fully saturated rings. The molecule has 0 aliphatic heterocycles. The molecule has 6 heteroatoms. The van der Waals surface area contributed by atoms with Crippen molar-refractivity contribution in [1.29, 1.82) is 0 Å². The summed E-state index contributed by atoms with van der Waals surface area (Å²) < 4.78 is 45.5. The van der Waals surface area contributed by atoms with Crippen molar-refractivity contribution in [2.24, 2.45) is 0 Å². The van der Waals surface area contributed by atoms with E-state index in [1.165, 1.54) is 12.1 Å². The molecule has 0 aliphatic rings. The van der Waals surface area contributed by atoms with Crippen LogP contribution in [0.1, 0.15) is 23.6 Å². The minimum atomic E-state index is -4.32. The third kappa shape index (κ3) is 4.22. The van der Waals surface area contributed by atoms with Crippen LogP contribution in [-0.2, 0) is 6.18 Å². The lowest BCUT2D eigenvalue weighted by Gasteiger charge is -2.07. The van der Waals surface area contributed by atoms with Crippen LogP contribution in [0.25, 0.3) is 28.9 Å². The number of nitrogens with zero attached hydrogens (tertiary/aromatic N) is 2. The first-order valence-corrected chi connectivity index (χ1v) is 9.50. The summed E-state index contributed by atoms with van der Waals surface area (Å²) in [5.41, 5.74) is 3.74. The fourth-order valence-electron chi connectivity index (χ4n) is 3.18. The van der Waals surface area contributed by atoms with Gasteiger partial charge in [0, 0.05) is 5.69 Å². The molecule has 0 aliphatic carbocycles. The predicted molar refractivity (Wildman–Crippen MR) is 113 cm³/mol. The van der Waals surface area contributed by atoms with Crippen molar-refractivity contribution in [3.8, 4) is 11.4 Å². The van der Waals surface area contributed by atoms with E-state index in [2.05, 4.69) is 4.98 Å². The standard InChI is InChI=1S/C24H19F3N2O/c1-2-30-21-12-10-20(11-13-21)29-16-28-22-15-18(7-14-23(22)29)4-3-17-5-8-19(9-6-17)24(25,26)27/h3-16H,2H2,1H3/b4-3+. The highest BCUT2D eigenvalue weighted by atomic mass is 19.4. The third-order valence-corrected chi connectivity index (χ3v) is 4.70. The van der Waals surface area contributed by atoms with Crippen LogP contribution in [0.15, 0.2) is 73.1 Å². The first kappa shape index (κ1) is 19.8. The van der Waals surface area contributed by atoms with E-state index in [9.17, 15) is 13.2 Å². The minimum absolute atomic E-state index is 0.621. The first-order chi connectivity index (χ1) is 14.4. The van der Waals surface area contributed by atoms with E-state index in [0.29, 0.717) is 12.2 Å². The molecule has 0 unspecified atom stereocenters. The van der Waals surface area contributed by atoms with Crippen molar-refractivity contribution in [3.63, 3.8) is 0 Å². The number of fused-ring (bicyclic) bond motifs is 1. The summed E-state index contributed by atoms with van der Waals surface area (Å²) in [5.74, 6) is 0.821. The van der Waals surface area contributed by atoms with Crippen LogP contribution in [0.5, 0.6) is 5.75 Å². The molecule has 4 aromatic rings. The highest BCUT2D eigenvalue weighted by Gasteiger charge is 2.29. The summed E-state index contributed by atoms with van der Waals surface area (Å²) in [6, 6.07) is 18.8. The van der Waals surface area contributed by atoms with Gasteiger partial charge in [0.1, 0.15) is 12.1 Å². The van der Waals surface area contributed by atoms with Gasteiger partial charge >= 0.3 is 6.18 Å². The van der Waals surface area contributed by atoms with Gasteiger partial charge in [0.25, 0.3) is 0 Å². The number of hydrogen-bond acceptors (Lipinski definition) is 2. The molecule has 0 atom stereocenters. The number of halogens is 3. The van der Waals surface area contributed by atoms with E-state index in [1.807, 2.05) is 60.0 Å². The van der Waals surface area contributed by atoms with E-state index in [-0.39, 0.29) is 0 Å². The fraction of sp³-hybridized carbons (Fsp3) is 0.125. The van der Waals surface area contributed by atoms with Crippen LogP contribution in [0.2, 0.25) is 0 Å². The van der Waals surface area contributed by atoms with Crippen molar-refractivity contribution < 1.29 is 17.9 Å². The molecular formula is C24H19F3N2O. The maximum atomic E-state index is 12.7. The van der Waals surface area contributed by atoms with E-state index in [4.69, 9.17) is 4.74 Å². The number of ether oxygens (including phenoxy) is 1. The Bertz CT molecular complexity index is 1170. The second-order valence-electron chi connectivity index (χ2n) is 6.74. The third-order valence-electron chi connectivity index (χ3n) is 4.70. The Morgan fingerprint density at radius 3 is 2.23 bits per heavy atom. The molecule has 3 nitrogen and oxygen atoms in total. The van der Waals surface area contributed by atoms with Gasteiger partial charge in [-0.1, -0.05) is 30.4 Å². The van der Waals surface area contributed by atoms with Crippen molar-refractivity contribution in [2.75, 3.05) is 6.61 Å². The molecule has 0 N–H and O–H groups in total. The molecular weight excluding hydrogens is 389 g/mol. The number of alkyl halides is 3. The molecule has 0 spiro atoms. The lowest BCUT2D eigenvalue weighted by atomic mass is 10.1. The van der Waals surface area contributed by atoms with E-state index in [0.717, 1.165) is 40.2 Å². The summed E-state index contributed by atoms with van der Waals surface area (Å²) in [7, 11) is 0. The van der Waals surface area contributed by atoms with E-state index < -0.39 is 11.7 Å². The lowest BCUT2D eigenvalue weighted by Crippen LogP contribution is -2.03. The Labute approximate surface area is 172 Å². The van der Waals surface area contributed by atoms with Gasteiger partial charge in [-0.3, -0.25) is 4.57 Å². The van der Waals surface area contributed by atoms with Crippen molar-refractivity contribution in [1.82, 2.24) is 9.55 Å². The summed E-state index contributed by atoms with van der Waals surface area (Å²) in [4.78, 5) is 4.48.